The molecule has 2 amide bonds. The summed E-state index contributed by atoms with van der Waals surface area (Å²) in [5.41, 5.74) is -0.753. The van der Waals surface area contributed by atoms with Crippen molar-refractivity contribution >= 4 is 54.9 Å². The molecule has 0 aliphatic heterocycles. The molecule has 0 aliphatic carbocycles. The van der Waals surface area contributed by atoms with Crippen LogP contribution in [0.5, 0.6) is 0 Å². The van der Waals surface area contributed by atoms with E-state index in [1.165, 1.54) is 0 Å². The van der Waals surface area contributed by atoms with E-state index in [9.17, 15) is 9.59 Å². The number of hydrogen-bond donors (Lipinski definition) is 0. The van der Waals surface area contributed by atoms with Gasteiger partial charge in [-0.15, -0.1) is 0 Å². The van der Waals surface area contributed by atoms with E-state index < -0.39 is 29.5 Å². The molecule has 0 aromatic carbocycles. The van der Waals surface area contributed by atoms with E-state index in [2.05, 4.69) is 19.6 Å². The third kappa shape index (κ3) is 8.43. The number of amides is 2. The van der Waals surface area contributed by atoms with Gasteiger partial charge < -0.3 is 4.74 Å². The van der Waals surface area contributed by atoms with E-state index in [1.54, 1.807) is 20.8 Å². The second-order valence-electron chi connectivity index (χ2n) is 7.26. The van der Waals surface area contributed by atoms with Crippen LogP contribution in [0.2, 0.25) is 19.6 Å². The summed E-state index contributed by atoms with van der Waals surface area (Å²) in [6, 6.07) is 0. The lowest BCUT2D eigenvalue weighted by Crippen LogP contribution is -2.48. The molecule has 23 heavy (non-hydrogen) atoms. The van der Waals surface area contributed by atoms with Crippen molar-refractivity contribution in [1.82, 2.24) is 4.90 Å². The molecule has 0 fully saturated rings. The Morgan fingerprint density at radius 3 is 1.91 bits per heavy atom. The first-order chi connectivity index (χ1) is 10.1. The molecule has 0 saturated heterocycles. The fourth-order valence-electron chi connectivity index (χ4n) is 1.71. The smallest absolute Gasteiger partial charge is 0.417 e. The number of imide groups is 1. The van der Waals surface area contributed by atoms with Crippen LogP contribution in [0, 0.1) is 0 Å². The quantitative estimate of drug-likeness (QED) is 0.471. The van der Waals surface area contributed by atoms with E-state index in [0.717, 1.165) is 16.5 Å². The highest BCUT2D eigenvalue weighted by molar-refractivity contribution is 6.83. The Labute approximate surface area is 155 Å². The van der Waals surface area contributed by atoms with Gasteiger partial charge in [-0.2, -0.15) is 0 Å². The highest BCUT2D eigenvalue weighted by Crippen LogP contribution is 2.30. The van der Waals surface area contributed by atoms with Crippen molar-refractivity contribution < 1.29 is 14.3 Å². The minimum Gasteiger partial charge on any atom is -0.443 e. The molecular formula is C15H26Cl3NO3Si. The summed E-state index contributed by atoms with van der Waals surface area (Å²) in [5.74, 6) is -0.906. The first kappa shape index (κ1) is 22.8. The molecule has 0 aromatic heterocycles. The fraction of sp³-hybridized carbons (Fsp3) is 0.733. The van der Waals surface area contributed by atoms with Gasteiger partial charge in [0.15, 0.2) is 0 Å². The molecule has 0 atom stereocenters. The molecule has 8 heteroatoms. The third-order valence-corrected chi connectivity index (χ3v) is 5.62. The van der Waals surface area contributed by atoms with Gasteiger partial charge in [0.1, 0.15) is 5.60 Å². The number of ether oxygens (including phenoxy) is 1. The van der Waals surface area contributed by atoms with Crippen LogP contribution >= 0.6 is 34.8 Å². The van der Waals surface area contributed by atoms with Gasteiger partial charge in [-0.25, -0.2) is 9.69 Å². The zero-order valence-corrected chi connectivity index (χ0v) is 18.1. The zero-order valence-electron chi connectivity index (χ0n) is 14.8. The summed E-state index contributed by atoms with van der Waals surface area (Å²) in [4.78, 5) is 25.7. The summed E-state index contributed by atoms with van der Waals surface area (Å²) >= 11 is 17.1. The molecule has 134 valence electrons. The predicted molar refractivity (Wildman–Crippen MR) is 100.0 cm³/mol. The second-order valence-corrected chi connectivity index (χ2v) is 14.7. The highest BCUT2D eigenvalue weighted by atomic mass is 35.6. The van der Waals surface area contributed by atoms with Gasteiger partial charge in [-0.3, -0.25) is 4.79 Å². The maximum atomic E-state index is 12.4. The third-order valence-electron chi connectivity index (χ3n) is 2.84. The molecule has 0 spiro atoms. The lowest BCUT2D eigenvalue weighted by Gasteiger charge is -2.31. The number of halogens is 3. The largest absolute Gasteiger partial charge is 0.443 e. The Morgan fingerprint density at radius 2 is 1.61 bits per heavy atom. The Balaban J connectivity index is 5.65. The first-order valence-electron chi connectivity index (χ1n) is 7.40. The monoisotopic (exact) mass is 401 g/mol. The Morgan fingerprint density at radius 1 is 1.13 bits per heavy atom. The van der Waals surface area contributed by atoms with Crippen LogP contribution < -0.4 is 0 Å². The normalized spacial score (nSPS) is 13.7. The molecule has 4 nitrogen and oxygen atoms in total. The molecule has 0 heterocycles. The van der Waals surface area contributed by atoms with Crippen molar-refractivity contribution in [3.05, 3.63) is 11.3 Å². The Bertz CT molecular complexity index is 474. The van der Waals surface area contributed by atoms with Crippen LogP contribution in [0.4, 0.5) is 4.79 Å². The molecule has 0 saturated carbocycles. The van der Waals surface area contributed by atoms with Crippen molar-refractivity contribution in [2.24, 2.45) is 0 Å². The van der Waals surface area contributed by atoms with Crippen molar-refractivity contribution in [3.8, 4) is 0 Å². The molecule has 0 rings (SSSR count). The maximum Gasteiger partial charge on any atom is 0.417 e. The van der Waals surface area contributed by atoms with Crippen LogP contribution in [0.25, 0.3) is 0 Å². The summed E-state index contributed by atoms with van der Waals surface area (Å²) in [7, 11) is -1.75. The van der Waals surface area contributed by atoms with Gasteiger partial charge in [-0.1, -0.05) is 72.6 Å². The summed E-state index contributed by atoms with van der Waals surface area (Å²) in [5, 5.41) is 1.02. The molecule has 0 bridgehead atoms. The molecule has 0 N–H and O–H groups in total. The lowest BCUT2D eigenvalue weighted by molar-refractivity contribution is -0.128. The minimum absolute atomic E-state index is 0.0746. The molecule has 0 unspecified atom stereocenters. The lowest BCUT2D eigenvalue weighted by atomic mass is 10.2. The molecule has 0 radical (unpaired) electrons. The van der Waals surface area contributed by atoms with Gasteiger partial charge in [0.2, 0.25) is 0 Å². The first-order valence-corrected chi connectivity index (χ1v) is 12.0. The van der Waals surface area contributed by atoms with Crippen LogP contribution in [0.1, 0.15) is 34.1 Å². The van der Waals surface area contributed by atoms with E-state index in [-0.39, 0.29) is 6.54 Å². The number of allylic oxidation sites excluding steroid dienone is 1. The topological polar surface area (TPSA) is 46.6 Å². The molecule has 0 aromatic rings. The van der Waals surface area contributed by atoms with Crippen LogP contribution in [0.15, 0.2) is 11.3 Å². The van der Waals surface area contributed by atoms with Crippen molar-refractivity contribution in [3.63, 3.8) is 0 Å². The van der Waals surface area contributed by atoms with Gasteiger partial charge in [0.05, 0.1) is 8.07 Å². The van der Waals surface area contributed by atoms with Crippen molar-refractivity contribution in [2.45, 2.75) is 63.2 Å². The summed E-state index contributed by atoms with van der Waals surface area (Å²) < 4.78 is 3.07. The van der Waals surface area contributed by atoms with E-state index in [4.69, 9.17) is 39.5 Å². The van der Waals surface area contributed by atoms with Crippen LogP contribution in [-0.2, 0) is 9.53 Å². The number of carbonyl (C=O) groups is 2. The van der Waals surface area contributed by atoms with E-state index >= 15 is 0 Å². The van der Waals surface area contributed by atoms with Crippen molar-refractivity contribution in [2.75, 3.05) is 6.54 Å². The summed E-state index contributed by atoms with van der Waals surface area (Å²) in [6.07, 6.45) is 2.01. The highest BCUT2D eigenvalue weighted by Gasteiger charge is 2.41. The zero-order chi connectivity index (χ0) is 18.6. The molecule has 0 aliphatic rings. The molecular weight excluding hydrogens is 377 g/mol. The number of rotatable bonds is 4. The van der Waals surface area contributed by atoms with Gasteiger partial charge >= 0.3 is 6.09 Å². The number of carbonyl (C=O) groups excluding carboxylic acids is 2. The van der Waals surface area contributed by atoms with Gasteiger partial charge in [-0.05, 0) is 27.2 Å². The number of nitrogens with zero attached hydrogens (tertiary/aromatic N) is 1. The Kier molecular flexibility index (Phi) is 8.15. The van der Waals surface area contributed by atoms with Crippen molar-refractivity contribution in [1.29, 1.82) is 0 Å². The second kappa shape index (κ2) is 8.23. The Hall–Kier alpha value is -0.233. The standard InChI is InChI=1S/C15H26Cl3NO3Si/c1-8-9-11(23(5,6)7)10-19(12(20)15(16,17)18)13(21)22-14(2,3)4/h9H,8,10H2,1-7H3/b11-9-. The maximum absolute atomic E-state index is 12.4. The average molecular weight is 403 g/mol. The minimum atomic E-state index is -2.21. The predicted octanol–water partition coefficient (Wildman–Crippen LogP) is 5.33. The van der Waals surface area contributed by atoms with E-state index in [1.807, 2.05) is 13.0 Å². The number of alkyl halides is 3. The van der Waals surface area contributed by atoms with Crippen LogP contribution in [0.3, 0.4) is 0 Å². The van der Waals surface area contributed by atoms with E-state index in [0.29, 0.717) is 0 Å². The summed E-state index contributed by atoms with van der Waals surface area (Å²) in [6.45, 7) is 13.6. The fourth-order valence-corrected chi connectivity index (χ4v) is 3.47. The van der Waals surface area contributed by atoms with Gasteiger partial charge in [0, 0.05) is 6.54 Å². The average Bonchev–Trinajstić information content (AvgIpc) is 2.28. The van der Waals surface area contributed by atoms with Crippen LogP contribution in [-0.4, -0.2) is 40.9 Å². The van der Waals surface area contributed by atoms with Gasteiger partial charge in [0.25, 0.3) is 9.70 Å². The number of hydrogen-bond acceptors (Lipinski definition) is 3. The SMILES string of the molecule is CC/C=C(/CN(C(=O)OC(C)(C)C)C(=O)C(Cl)(Cl)Cl)[Si](C)(C)C.